The standard InChI is InChI=1S/C54H82N8O13S2/c1-31(72-51(2,3)4)42(47(67)60-40(30-77)48(68)69)61-44(64)37(19-16-17-25-56-49(70)74-53(8,9)10)57-46(66)39(27-33-28-62(50(71)75-54(11,12)13)41-20-15-14-18-35(33)41)59-45(65)38(58-43(63)36(55)29-76)26-32-21-23-34(24-22-32)73-52(5,6)7/h14-15,18,20-24,28,31,36-40,42,76-77H,16-17,19,25-27,29-30,55H2,1-13H3,(H,56,70)(H,57,66)(H,58,63)(H,59,65)(H,60,67)(H,61,64)(H,68,69)/t31-,36+,37+,38+,39-,40+,42+/m1/s1. The number of benzene rings is 2. The predicted octanol–water partition coefficient (Wildman–Crippen LogP) is 4.98. The fourth-order valence-corrected chi connectivity index (χ4v) is 8.09. The molecule has 0 fully saturated rings. The summed E-state index contributed by atoms with van der Waals surface area (Å²) in [5, 5.41) is 26.3. The van der Waals surface area contributed by atoms with Crippen LogP contribution < -0.4 is 42.4 Å². The van der Waals surface area contributed by atoms with Crippen LogP contribution in [0.3, 0.4) is 0 Å². The maximum Gasteiger partial charge on any atom is 0.419 e. The normalized spacial score (nSPS) is 14.8. The Labute approximate surface area is 463 Å². The number of unbranched alkanes of at least 4 members (excludes halogenated alkanes) is 1. The van der Waals surface area contributed by atoms with E-state index in [2.05, 4.69) is 57.2 Å². The predicted molar refractivity (Wildman–Crippen MR) is 299 cm³/mol. The quantitative estimate of drug-likeness (QED) is 0.0396. The molecule has 2 aromatic carbocycles. The number of aliphatic carboxylic acids is 1. The summed E-state index contributed by atoms with van der Waals surface area (Å²) >= 11 is 8.25. The molecule has 3 aromatic rings. The third-order valence-corrected chi connectivity index (χ3v) is 11.8. The Balaban J connectivity index is 2.19. The molecule has 428 valence electrons. The first-order chi connectivity index (χ1) is 35.6. The molecule has 0 saturated heterocycles. The van der Waals surface area contributed by atoms with Crippen LogP contribution in [0.5, 0.6) is 5.75 Å². The number of aromatic nitrogens is 1. The van der Waals surface area contributed by atoms with Gasteiger partial charge >= 0.3 is 18.2 Å². The highest BCUT2D eigenvalue weighted by Crippen LogP contribution is 2.25. The van der Waals surface area contributed by atoms with Crippen molar-refractivity contribution < 1.29 is 62.4 Å². The lowest BCUT2D eigenvalue weighted by Crippen LogP contribution is -2.62. The van der Waals surface area contributed by atoms with Gasteiger partial charge < -0.3 is 61.7 Å². The van der Waals surface area contributed by atoms with Gasteiger partial charge in [0.1, 0.15) is 52.8 Å². The van der Waals surface area contributed by atoms with Crippen LogP contribution in [0.25, 0.3) is 10.9 Å². The Bertz CT molecular complexity index is 2510. The number of hydrogen-bond acceptors (Lipinski definition) is 15. The van der Waals surface area contributed by atoms with Gasteiger partial charge in [-0.3, -0.25) is 28.5 Å². The molecule has 7 atom stereocenters. The second kappa shape index (κ2) is 28.5. The van der Waals surface area contributed by atoms with Crippen molar-refractivity contribution in [1.82, 2.24) is 36.5 Å². The van der Waals surface area contributed by atoms with E-state index in [1.165, 1.54) is 17.7 Å². The molecular weight excluding hydrogens is 1030 g/mol. The van der Waals surface area contributed by atoms with Gasteiger partial charge in [0.25, 0.3) is 0 Å². The number of nitrogens with one attached hydrogen (secondary N) is 6. The van der Waals surface area contributed by atoms with E-state index in [0.29, 0.717) is 27.8 Å². The summed E-state index contributed by atoms with van der Waals surface area (Å²) in [6.07, 6.45) is -0.874. The minimum Gasteiger partial charge on any atom is -0.488 e. The summed E-state index contributed by atoms with van der Waals surface area (Å²) < 4.78 is 24.4. The molecule has 0 aliphatic rings. The zero-order chi connectivity index (χ0) is 58.2. The van der Waals surface area contributed by atoms with E-state index in [1.807, 2.05) is 20.8 Å². The number of para-hydroxylation sites is 1. The largest absolute Gasteiger partial charge is 0.488 e. The van der Waals surface area contributed by atoms with Crippen LogP contribution in [0.15, 0.2) is 54.7 Å². The summed E-state index contributed by atoms with van der Waals surface area (Å²) in [4.78, 5) is 110. The summed E-state index contributed by atoms with van der Waals surface area (Å²) in [5.74, 6) is -5.31. The molecule has 1 heterocycles. The first kappa shape index (κ1) is 65.2. The van der Waals surface area contributed by atoms with E-state index in [4.69, 9.17) is 24.7 Å². The monoisotopic (exact) mass is 1110 g/mol. The van der Waals surface area contributed by atoms with E-state index in [9.17, 15) is 38.7 Å². The first-order valence-corrected chi connectivity index (χ1v) is 26.8. The van der Waals surface area contributed by atoms with Gasteiger partial charge in [-0.25, -0.2) is 14.4 Å². The highest BCUT2D eigenvalue weighted by Gasteiger charge is 2.37. The molecule has 3 rings (SSSR count). The van der Waals surface area contributed by atoms with Crippen LogP contribution in [0.1, 0.15) is 120 Å². The maximum absolute atomic E-state index is 15.1. The second-order valence-corrected chi connectivity index (χ2v) is 23.4. The molecule has 1 aromatic heterocycles. The number of thiol groups is 2. The number of fused-ring (bicyclic) bond motifs is 1. The molecule has 0 saturated carbocycles. The van der Waals surface area contributed by atoms with Crippen LogP contribution in [-0.4, -0.2) is 140 Å². The zero-order valence-corrected chi connectivity index (χ0v) is 48.4. The van der Waals surface area contributed by atoms with Crippen molar-refractivity contribution in [2.75, 3.05) is 18.1 Å². The van der Waals surface area contributed by atoms with E-state index in [0.717, 1.165) is 0 Å². The molecule has 77 heavy (non-hydrogen) atoms. The maximum atomic E-state index is 15.1. The second-order valence-electron chi connectivity index (χ2n) is 22.7. The molecule has 0 unspecified atom stereocenters. The van der Waals surface area contributed by atoms with Crippen LogP contribution in [0.4, 0.5) is 9.59 Å². The van der Waals surface area contributed by atoms with Crippen molar-refractivity contribution in [2.24, 2.45) is 5.73 Å². The Hall–Kier alpha value is -6.04. The van der Waals surface area contributed by atoms with Crippen molar-refractivity contribution in [3.8, 4) is 5.75 Å². The number of nitrogens with two attached hydrogens (primary N) is 1. The molecular formula is C54H82N8O13S2. The number of hydrogen-bond donors (Lipinski definition) is 10. The number of carboxylic acid groups (broad SMARTS) is 1. The molecule has 0 aliphatic carbocycles. The summed E-state index contributed by atoms with van der Waals surface area (Å²) in [6, 6.07) is 5.43. The highest BCUT2D eigenvalue weighted by atomic mass is 32.1. The minimum absolute atomic E-state index is 0.0504. The van der Waals surface area contributed by atoms with Gasteiger partial charge in [0, 0.05) is 42.5 Å². The molecule has 6 amide bonds. The Morgan fingerprint density at radius 3 is 1.71 bits per heavy atom. The number of carbonyl (C=O) groups is 8. The van der Waals surface area contributed by atoms with Crippen molar-refractivity contribution in [3.63, 3.8) is 0 Å². The Kier molecular flexibility index (Phi) is 24.2. The molecule has 23 heteroatoms. The number of carboxylic acids is 1. The van der Waals surface area contributed by atoms with Crippen molar-refractivity contribution in [1.29, 1.82) is 0 Å². The number of ether oxygens (including phenoxy) is 4. The lowest BCUT2D eigenvalue weighted by atomic mass is 10.0. The van der Waals surface area contributed by atoms with Crippen LogP contribution in [0.2, 0.25) is 0 Å². The smallest absolute Gasteiger partial charge is 0.419 e. The van der Waals surface area contributed by atoms with Gasteiger partial charge in [-0.05, 0) is 139 Å². The van der Waals surface area contributed by atoms with Gasteiger partial charge in [0.05, 0.1) is 23.3 Å². The average Bonchev–Trinajstić information content (AvgIpc) is 3.67. The lowest BCUT2D eigenvalue weighted by molar-refractivity contribution is -0.144. The van der Waals surface area contributed by atoms with Gasteiger partial charge in [0.15, 0.2) is 0 Å². The topological polar surface area (TPSA) is 297 Å². The van der Waals surface area contributed by atoms with Crippen molar-refractivity contribution in [2.45, 2.75) is 187 Å². The minimum atomic E-state index is -1.53. The van der Waals surface area contributed by atoms with E-state index < -0.39 is 112 Å². The van der Waals surface area contributed by atoms with Crippen LogP contribution >= 0.6 is 25.3 Å². The van der Waals surface area contributed by atoms with E-state index in [-0.39, 0.29) is 50.2 Å². The number of nitrogens with zero attached hydrogens (tertiary/aromatic N) is 1. The zero-order valence-electron chi connectivity index (χ0n) is 46.7. The van der Waals surface area contributed by atoms with Gasteiger partial charge in [-0.1, -0.05) is 30.3 Å². The number of amides is 6. The van der Waals surface area contributed by atoms with Crippen molar-refractivity contribution >= 4 is 83.9 Å². The summed E-state index contributed by atoms with van der Waals surface area (Å²) in [5.41, 5.74) is 4.54. The number of rotatable bonds is 25. The van der Waals surface area contributed by atoms with Crippen LogP contribution in [-0.2, 0) is 55.8 Å². The highest BCUT2D eigenvalue weighted by molar-refractivity contribution is 7.80. The summed E-state index contributed by atoms with van der Waals surface area (Å²) in [6.45, 7) is 22.8. The van der Waals surface area contributed by atoms with Gasteiger partial charge in [-0.15, -0.1) is 0 Å². The SMILES string of the molecule is C[C@@H](OC(C)(C)C)[C@H](NC(=O)[C@H](CCCCNC(=O)OC(C)(C)C)NC(=O)[C@@H](Cc1cn(C(=O)OC(C)(C)C)c2ccccc12)NC(=O)[C@H](Cc1ccc(OC(C)(C)C)cc1)NC(=O)[C@@H](N)CS)C(=O)N[C@@H](CS)C(=O)O. The Morgan fingerprint density at radius 2 is 1.17 bits per heavy atom. The molecule has 0 bridgehead atoms. The fourth-order valence-electron chi connectivity index (χ4n) is 7.67. The third-order valence-electron chi connectivity index (χ3n) is 11.0. The number of carbonyl (C=O) groups excluding carboxylic acids is 7. The summed E-state index contributed by atoms with van der Waals surface area (Å²) in [7, 11) is 0. The van der Waals surface area contributed by atoms with Gasteiger partial charge in [-0.2, -0.15) is 25.3 Å². The fraction of sp³-hybridized carbons (Fsp3) is 0.593. The lowest BCUT2D eigenvalue weighted by Gasteiger charge is -2.32. The molecule has 0 spiro atoms. The van der Waals surface area contributed by atoms with E-state index in [1.54, 1.807) is 111 Å². The van der Waals surface area contributed by atoms with E-state index >= 15 is 4.79 Å². The molecule has 0 aliphatic heterocycles. The number of alkyl carbamates (subject to hydrolysis) is 1. The van der Waals surface area contributed by atoms with Crippen LogP contribution in [0, 0.1) is 0 Å². The average molecular weight is 1120 g/mol. The molecule has 9 N–H and O–H groups in total. The first-order valence-electron chi connectivity index (χ1n) is 25.6. The van der Waals surface area contributed by atoms with Gasteiger partial charge in [0.2, 0.25) is 29.5 Å². The molecule has 21 nitrogen and oxygen atoms in total. The Morgan fingerprint density at radius 1 is 0.623 bits per heavy atom. The molecule has 0 radical (unpaired) electrons. The third kappa shape index (κ3) is 22.8. The van der Waals surface area contributed by atoms with Crippen molar-refractivity contribution in [3.05, 3.63) is 65.9 Å².